The zero-order chi connectivity index (χ0) is 54.0. The maximum atomic E-state index is 12.1. The highest BCUT2D eigenvalue weighted by Gasteiger charge is 2.51. The van der Waals surface area contributed by atoms with Crippen molar-refractivity contribution in [3.63, 3.8) is 0 Å². The third-order valence-corrected chi connectivity index (χ3v) is 12.2. The van der Waals surface area contributed by atoms with Gasteiger partial charge in [0.1, 0.15) is 48.8 Å². The van der Waals surface area contributed by atoms with Crippen LogP contribution in [0.15, 0.2) is 42.6 Å². The molecule has 3 aromatic heterocycles. The largest absolute Gasteiger partial charge is 0.453 e. The Morgan fingerprint density at radius 1 is 0.625 bits per heavy atom. The summed E-state index contributed by atoms with van der Waals surface area (Å²) in [7, 11) is 4.44. The fourth-order valence-corrected chi connectivity index (χ4v) is 7.96. The molecular formula is C45H69N9O18. The fourth-order valence-electron chi connectivity index (χ4n) is 7.96. The molecule has 0 spiro atoms. The first-order chi connectivity index (χ1) is 33.9. The van der Waals surface area contributed by atoms with Gasteiger partial charge in [0.15, 0.2) is 24.8 Å². The lowest BCUT2D eigenvalue weighted by Gasteiger charge is -2.25. The Labute approximate surface area is 412 Å². The fraction of sp³-hybridized carbons (Fsp3) is 0.667. The normalized spacial score (nSPS) is 27.9. The number of carbonyl (C=O) groups excluding carboxylic acids is 3. The van der Waals surface area contributed by atoms with Gasteiger partial charge in [-0.15, -0.1) is 0 Å². The number of nitrogens with zero attached hydrogens (tertiary/aromatic N) is 4. The van der Waals surface area contributed by atoms with Crippen LogP contribution in [0.5, 0.6) is 6.01 Å². The first-order valence-electron chi connectivity index (χ1n) is 23.4. The summed E-state index contributed by atoms with van der Waals surface area (Å²) < 4.78 is 38.1. The molecule has 7 rings (SSSR count). The van der Waals surface area contributed by atoms with Crippen molar-refractivity contribution in [2.45, 2.75) is 174 Å². The predicted octanol–water partition coefficient (Wildman–Crippen LogP) is -2.84. The number of amides is 3. The highest BCUT2D eigenvalue weighted by atomic mass is 16.6. The molecule has 3 fully saturated rings. The van der Waals surface area contributed by atoms with Crippen molar-refractivity contribution < 1.29 is 63.2 Å². The van der Waals surface area contributed by atoms with E-state index in [9.17, 15) is 53.7 Å². The number of hydrogen-bond donors (Lipinski definition) is 9. The van der Waals surface area contributed by atoms with E-state index in [0.717, 1.165) is 6.42 Å². The molecule has 0 saturated carbocycles. The van der Waals surface area contributed by atoms with Gasteiger partial charge in [0.05, 0.1) is 18.3 Å². The summed E-state index contributed by atoms with van der Waals surface area (Å²) in [6.07, 6.45) is -5.04. The minimum Gasteiger partial charge on any atom is -0.453 e. The third-order valence-electron chi connectivity index (χ3n) is 12.2. The number of carbonyl (C=O) groups is 3. The van der Waals surface area contributed by atoms with E-state index in [4.69, 9.17) is 33.5 Å². The van der Waals surface area contributed by atoms with E-state index in [1.807, 2.05) is 20.8 Å². The molecule has 27 nitrogen and oxygen atoms in total. The van der Waals surface area contributed by atoms with Gasteiger partial charge in [0.2, 0.25) is 17.7 Å². The van der Waals surface area contributed by atoms with Crippen LogP contribution in [0.2, 0.25) is 0 Å². The topological polar surface area (TPSA) is 368 Å². The molecular weight excluding hydrogens is 955 g/mol. The van der Waals surface area contributed by atoms with Crippen LogP contribution in [0.4, 0.5) is 0 Å². The van der Waals surface area contributed by atoms with Gasteiger partial charge < -0.3 is 64.8 Å². The van der Waals surface area contributed by atoms with Gasteiger partial charge in [-0.05, 0) is 60.8 Å². The Balaban J connectivity index is 0.000000222. The molecule has 4 unspecified atom stereocenters. The Kier molecular flexibility index (Phi) is 20.9. The average molecular weight is 1020 g/mol. The standard InChI is InChI=1S/2C15H23N3O6.C11H14N2O4.C4H9NO2/c2*1-5-9-10(19)11(23-8(3)13(21)16-4)14(24-9)18-6-7(2)12(20)17-15(18)22;1-3-6-7(14)8-10(16-6)13-4-5(2)9(15)12-11(13)17-8;1-3(6)4(7)5-2/h2*6,8-11,14,19H,5H2,1-4H3,(H,16,21)(H,17,20,22);4,6-8,10,14H,3H2,1-2H3;3,6H,1-2H3,(H,5,7)/t8-,9+,10?,11-,14+;8-,9-,10?,11+,14-;6-,7?,8-,10-;/m011./s1. The maximum absolute atomic E-state index is 12.1. The molecule has 4 aliphatic rings. The number of fused-ring (bicyclic) bond motifs is 3. The lowest BCUT2D eigenvalue weighted by molar-refractivity contribution is -0.144. The van der Waals surface area contributed by atoms with E-state index in [1.165, 1.54) is 49.6 Å². The van der Waals surface area contributed by atoms with E-state index in [2.05, 4.69) is 30.9 Å². The number of likely N-dealkylation sites (N-methyl/N-ethyl adjacent to an activating group) is 3. The number of aromatic nitrogens is 6. The quantitative estimate of drug-likeness (QED) is 0.0882. The van der Waals surface area contributed by atoms with Crippen molar-refractivity contribution in [3.8, 4) is 6.01 Å². The Morgan fingerprint density at radius 3 is 1.36 bits per heavy atom. The summed E-state index contributed by atoms with van der Waals surface area (Å²) in [5.41, 5.74) is -1.43. The van der Waals surface area contributed by atoms with Crippen LogP contribution in [-0.2, 0) is 38.1 Å². The van der Waals surface area contributed by atoms with Gasteiger partial charge in [-0.25, -0.2) is 9.59 Å². The molecule has 0 aliphatic carbocycles. The lowest BCUT2D eigenvalue weighted by Crippen LogP contribution is -2.43. The van der Waals surface area contributed by atoms with Crippen molar-refractivity contribution in [3.05, 3.63) is 87.3 Å². The zero-order valence-electron chi connectivity index (χ0n) is 42.3. The molecule has 4 aliphatic heterocycles. The molecule has 7 heterocycles. The number of aryl methyl sites for hydroxylation is 3. The van der Waals surface area contributed by atoms with Gasteiger partial charge >= 0.3 is 17.4 Å². The highest BCUT2D eigenvalue weighted by Crippen LogP contribution is 2.40. The number of H-pyrrole nitrogens is 2. The minimum atomic E-state index is -1.01. The summed E-state index contributed by atoms with van der Waals surface area (Å²) in [5, 5.41) is 46.5. The second-order valence-electron chi connectivity index (χ2n) is 17.4. The van der Waals surface area contributed by atoms with Crippen LogP contribution in [0, 0.1) is 20.8 Å². The van der Waals surface area contributed by atoms with E-state index in [0.29, 0.717) is 29.5 Å². The number of aliphatic hydroxyl groups excluding tert-OH is 4. The Morgan fingerprint density at radius 2 is 1.00 bits per heavy atom. The number of ether oxygens (including phenoxy) is 6. The number of nitrogens with one attached hydrogen (secondary N) is 5. The molecule has 0 radical (unpaired) electrons. The average Bonchev–Trinajstić information content (AvgIpc) is 4.06. The van der Waals surface area contributed by atoms with E-state index < -0.39 is 102 Å². The molecule has 3 amide bonds. The molecule has 402 valence electrons. The van der Waals surface area contributed by atoms with Crippen LogP contribution in [0.25, 0.3) is 0 Å². The first-order valence-corrected chi connectivity index (χ1v) is 23.4. The predicted molar refractivity (Wildman–Crippen MR) is 253 cm³/mol. The van der Waals surface area contributed by atoms with Crippen molar-refractivity contribution >= 4 is 17.7 Å². The Bertz CT molecular complexity index is 2530. The lowest BCUT2D eigenvalue weighted by atomic mass is 10.1. The van der Waals surface area contributed by atoms with E-state index in [1.54, 1.807) is 45.4 Å². The summed E-state index contributed by atoms with van der Waals surface area (Å²) in [6, 6.07) is 0.226. The van der Waals surface area contributed by atoms with Crippen LogP contribution in [-0.4, -0.2) is 161 Å². The maximum Gasteiger partial charge on any atom is 0.330 e. The smallest absolute Gasteiger partial charge is 0.330 e. The molecule has 3 saturated heterocycles. The number of rotatable bonds is 12. The molecule has 9 N–H and O–H groups in total. The minimum absolute atomic E-state index is 0.224. The summed E-state index contributed by atoms with van der Waals surface area (Å²) >= 11 is 0. The second kappa shape index (κ2) is 25.7. The highest BCUT2D eigenvalue weighted by molar-refractivity contribution is 5.80. The van der Waals surface area contributed by atoms with Gasteiger partial charge in [0.25, 0.3) is 16.7 Å². The second-order valence-corrected chi connectivity index (χ2v) is 17.4. The SMILES string of the molecule is CC[C@H]1O[C@@H](n2cc(C)c(=O)[nH]c2=O)[C@@H](O[C@@H](C)C(=O)NC)C1O.CC[C@H]1O[C@@H](n2cc(C)c(=O)[nH]c2=O)[C@@H](O[C@H](C)C(=O)NC)C1O.CC[C@H]1O[C@@H]2[C@H](Oc3nc(=O)c(C)cn32)C1O.CNC(=O)C(C)O. The Hall–Kier alpha value is -5.91. The van der Waals surface area contributed by atoms with Crippen LogP contribution < -0.4 is 48.7 Å². The van der Waals surface area contributed by atoms with Gasteiger partial charge in [-0.2, -0.15) is 4.98 Å². The van der Waals surface area contributed by atoms with Crippen molar-refractivity contribution in [1.82, 2.24) is 44.6 Å². The third kappa shape index (κ3) is 13.4. The van der Waals surface area contributed by atoms with E-state index >= 15 is 0 Å². The van der Waals surface area contributed by atoms with Crippen molar-refractivity contribution in [1.29, 1.82) is 0 Å². The van der Waals surface area contributed by atoms with Crippen LogP contribution in [0.3, 0.4) is 0 Å². The first kappa shape index (κ1) is 58.7. The van der Waals surface area contributed by atoms with Gasteiger partial charge in [-0.1, -0.05) is 20.8 Å². The van der Waals surface area contributed by atoms with Crippen molar-refractivity contribution in [2.24, 2.45) is 0 Å². The molecule has 0 aromatic carbocycles. The summed E-state index contributed by atoms with van der Waals surface area (Å²) in [4.78, 5) is 100. The molecule has 72 heavy (non-hydrogen) atoms. The zero-order valence-corrected chi connectivity index (χ0v) is 42.3. The van der Waals surface area contributed by atoms with Crippen LogP contribution in [0.1, 0.15) is 96.2 Å². The summed E-state index contributed by atoms with van der Waals surface area (Å²) in [5.74, 6) is -1.06. The van der Waals surface area contributed by atoms with Gasteiger partial charge in [-0.3, -0.25) is 52.4 Å². The molecule has 27 heteroatoms. The molecule has 3 aromatic rings. The molecule has 15 atom stereocenters. The van der Waals surface area contributed by atoms with E-state index in [-0.39, 0.29) is 41.6 Å². The number of aromatic amines is 2. The van der Waals surface area contributed by atoms with Crippen LogP contribution >= 0.6 is 0 Å². The van der Waals surface area contributed by atoms with Crippen molar-refractivity contribution in [2.75, 3.05) is 21.1 Å². The van der Waals surface area contributed by atoms with Gasteiger partial charge in [0, 0.05) is 56.4 Å². The molecule has 0 bridgehead atoms. The monoisotopic (exact) mass is 1020 g/mol. The summed E-state index contributed by atoms with van der Waals surface area (Å²) in [6.45, 7) is 14.9. The number of aliphatic hydroxyl groups is 4. The number of hydrogen-bond acceptors (Lipinski definition) is 19.